The molecule has 1 saturated carbocycles. The molecule has 180 valence electrons. The molecule has 2 aromatic heterocycles. The van der Waals surface area contributed by atoms with Crippen LogP contribution in [-0.4, -0.2) is 69.7 Å². The van der Waals surface area contributed by atoms with Gasteiger partial charge in [-0.15, -0.1) is 11.3 Å². The van der Waals surface area contributed by atoms with Gasteiger partial charge in [0.05, 0.1) is 21.3 Å². The number of hydrogen-bond donors (Lipinski definition) is 1. The molecule has 0 radical (unpaired) electrons. The first-order valence-corrected chi connectivity index (χ1v) is 13.1. The maximum absolute atomic E-state index is 13.1. The van der Waals surface area contributed by atoms with E-state index < -0.39 is 0 Å². The van der Waals surface area contributed by atoms with E-state index in [0.29, 0.717) is 15.9 Å². The number of aromatic nitrogens is 2. The lowest BCUT2D eigenvalue weighted by Gasteiger charge is -2.41. The van der Waals surface area contributed by atoms with Crippen molar-refractivity contribution in [2.24, 2.45) is 0 Å². The number of halogens is 1. The molecule has 3 aromatic rings. The standard InChI is InChI=1S/C25H30ClN5O2S/c1-16-20-15-23(34-25(20)31(28-16)22-6-4-3-5-21(22)26)24(33)27-18-7-9-19(10-8-18)30-13-11-29(12-14-30)17(2)32/h3-6,15,18-19H,7-14H2,1-2H3,(H,27,33). The smallest absolute Gasteiger partial charge is 0.261 e. The maximum atomic E-state index is 13.1. The predicted octanol–water partition coefficient (Wildman–Crippen LogP) is 4.25. The zero-order valence-corrected chi connectivity index (χ0v) is 21.2. The van der Waals surface area contributed by atoms with Gasteiger partial charge in [0.25, 0.3) is 5.91 Å². The van der Waals surface area contributed by atoms with Crippen molar-refractivity contribution in [1.82, 2.24) is 24.9 Å². The van der Waals surface area contributed by atoms with E-state index in [1.54, 1.807) is 6.92 Å². The Labute approximate surface area is 208 Å². The van der Waals surface area contributed by atoms with Gasteiger partial charge in [-0.1, -0.05) is 23.7 Å². The Kier molecular flexibility index (Phi) is 6.64. The number of carbonyl (C=O) groups is 2. The number of hydrogen-bond acceptors (Lipinski definition) is 5. The molecule has 7 nitrogen and oxygen atoms in total. The van der Waals surface area contributed by atoms with E-state index in [0.717, 1.165) is 73.5 Å². The predicted molar refractivity (Wildman–Crippen MR) is 136 cm³/mol. The number of carbonyl (C=O) groups excluding carboxylic acids is 2. The zero-order chi connectivity index (χ0) is 23.8. The molecule has 34 heavy (non-hydrogen) atoms. The molecule has 2 aliphatic rings. The Hall–Kier alpha value is -2.42. The topological polar surface area (TPSA) is 70.5 Å². The summed E-state index contributed by atoms with van der Waals surface area (Å²) in [6.45, 7) is 7.15. The van der Waals surface area contributed by atoms with Crippen molar-refractivity contribution in [3.05, 3.63) is 45.9 Å². The van der Waals surface area contributed by atoms with Crippen molar-refractivity contribution >= 4 is 45.0 Å². The zero-order valence-electron chi connectivity index (χ0n) is 19.6. The summed E-state index contributed by atoms with van der Waals surface area (Å²) in [6.07, 6.45) is 4.14. The van der Waals surface area contributed by atoms with E-state index in [-0.39, 0.29) is 17.9 Å². The second-order valence-electron chi connectivity index (χ2n) is 9.30. The molecule has 1 aromatic carbocycles. The van der Waals surface area contributed by atoms with E-state index in [2.05, 4.69) is 15.3 Å². The summed E-state index contributed by atoms with van der Waals surface area (Å²) < 4.78 is 1.84. The van der Waals surface area contributed by atoms with Gasteiger partial charge in [-0.2, -0.15) is 5.10 Å². The summed E-state index contributed by atoms with van der Waals surface area (Å²) in [5.74, 6) is 0.159. The first-order chi connectivity index (χ1) is 16.4. The molecular formula is C25H30ClN5O2S. The number of para-hydroxylation sites is 1. The average molecular weight is 500 g/mol. The summed E-state index contributed by atoms with van der Waals surface area (Å²) in [7, 11) is 0. The lowest BCUT2D eigenvalue weighted by molar-refractivity contribution is -0.131. The van der Waals surface area contributed by atoms with Gasteiger partial charge in [0.15, 0.2) is 0 Å². The molecule has 0 spiro atoms. The van der Waals surface area contributed by atoms with E-state index in [9.17, 15) is 9.59 Å². The average Bonchev–Trinajstić information content (AvgIpc) is 3.41. The Balaban J connectivity index is 1.21. The number of aryl methyl sites for hydroxylation is 1. The first kappa shape index (κ1) is 23.3. The van der Waals surface area contributed by atoms with Gasteiger partial charge in [-0.3, -0.25) is 14.5 Å². The van der Waals surface area contributed by atoms with E-state index in [1.165, 1.54) is 11.3 Å². The molecule has 0 atom stereocenters. The Morgan fingerprint density at radius 3 is 2.47 bits per heavy atom. The van der Waals surface area contributed by atoms with Crippen molar-refractivity contribution in [3.8, 4) is 5.69 Å². The van der Waals surface area contributed by atoms with Crippen LogP contribution in [0.2, 0.25) is 5.02 Å². The van der Waals surface area contributed by atoms with Crippen LogP contribution in [0, 0.1) is 6.92 Å². The second-order valence-corrected chi connectivity index (χ2v) is 10.7. The van der Waals surface area contributed by atoms with E-state index >= 15 is 0 Å². The fourth-order valence-electron chi connectivity index (χ4n) is 5.19. The van der Waals surface area contributed by atoms with Crippen LogP contribution < -0.4 is 5.32 Å². The third-order valence-electron chi connectivity index (χ3n) is 7.16. The highest BCUT2D eigenvalue weighted by Gasteiger charge is 2.30. The number of fused-ring (bicyclic) bond motifs is 1. The van der Waals surface area contributed by atoms with Gasteiger partial charge >= 0.3 is 0 Å². The normalized spacial score (nSPS) is 21.7. The van der Waals surface area contributed by atoms with E-state index in [4.69, 9.17) is 11.6 Å². The maximum Gasteiger partial charge on any atom is 0.261 e. The number of nitrogens with one attached hydrogen (secondary N) is 1. The molecular weight excluding hydrogens is 470 g/mol. The van der Waals surface area contributed by atoms with Crippen LogP contribution in [-0.2, 0) is 4.79 Å². The largest absolute Gasteiger partial charge is 0.349 e. The molecule has 3 heterocycles. The van der Waals surface area contributed by atoms with Crippen molar-refractivity contribution in [1.29, 1.82) is 0 Å². The summed E-state index contributed by atoms with van der Waals surface area (Å²) in [5, 5.41) is 9.53. The van der Waals surface area contributed by atoms with Crippen molar-refractivity contribution in [2.75, 3.05) is 26.2 Å². The highest BCUT2D eigenvalue weighted by Crippen LogP contribution is 2.33. The van der Waals surface area contributed by atoms with Crippen LogP contribution >= 0.6 is 22.9 Å². The van der Waals surface area contributed by atoms with Crippen LogP contribution in [0.25, 0.3) is 15.9 Å². The number of benzene rings is 1. The Morgan fingerprint density at radius 1 is 1.09 bits per heavy atom. The van der Waals surface area contributed by atoms with Crippen molar-refractivity contribution in [2.45, 2.75) is 51.6 Å². The molecule has 2 fully saturated rings. The number of amides is 2. The second kappa shape index (κ2) is 9.68. The molecule has 1 aliphatic heterocycles. The molecule has 0 unspecified atom stereocenters. The number of nitrogens with zero attached hydrogens (tertiary/aromatic N) is 4. The minimum atomic E-state index is -0.00942. The number of rotatable bonds is 4. The van der Waals surface area contributed by atoms with Crippen LogP contribution in [0.1, 0.15) is 48.0 Å². The summed E-state index contributed by atoms with van der Waals surface area (Å²) in [6, 6.07) is 10.3. The molecule has 1 N–H and O–H groups in total. The Morgan fingerprint density at radius 2 is 1.79 bits per heavy atom. The third-order valence-corrected chi connectivity index (χ3v) is 8.59. The number of piperazine rings is 1. The summed E-state index contributed by atoms with van der Waals surface area (Å²) >= 11 is 7.86. The van der Waals surface area contributed by atoms with Crippen LogP contribution in [0.3, 0.4) is 0 Å². The van der Waals surface area contributed by atoms with E-state index in [1.807, 2.05) is 46.8 Å². The van der Waals surface area contributed by atoms with Crippen molar-refractivity contribution in [3.63, 3.8) is 0 Å². The lowest BCUT2D eigenvalue weighted by atomic mass is 9.89. The highest BCUT2D eigenvalue weighted by atomic mass is 35.5. The minimum absolute atomic E-state index is 0.00942. The van der Waals surface area contributed by atoms with Gasteiger partial charge < -0.3 is 10.2 Å². The highest BCUT2D eigenvalue weighted by molar-refractivity contribution is 7.20. The van der Waals surface area contributed by atoms with Gasteiger partial charge in [0.1, 0.15) is 4.83 Å². The molecule has 1 aliphatic carbocycles. The SMILES string of the molecule is CC(=O)N1CCN(C2CCC(NC(=O)c3cc4c(C)nn(-c5ccccc5Cl)c4s3)CC2)CC1. The fraction of sp³-hybridized carbons (Fsp3) is 0.480. The van der Waals surface area contributed by atoms with Gasteiger partial charge in [0, 0.05) is 50.6 Å². The van der Waals surface area contributed by atoms with Crippen LogP contribution in [0.15, 0.2) is 30.3 Å². The fourth-order valence-corrected chi connectivity index (χ4v) is 6.48. The molecule has 5 rings (SSSR count). The molecule has 0 bridgehead atoms. The quantitative estimate of drug-likeness (QED) is 0.582. The molecule has 2 amide bonds. The van der Waals surface area contributed by atoms with Crippen LogP contribution in [0.4, 0.5) is 0 Å². The van der Waals surface area contributed by atoms with Gasteiger partial charge in [-0.25, -0.2) is 4.68 Å². The number of thiophene rings is 1. The first-order valence-electron chi connectivity index (χ1n) is 11.9. The monoisotopic (exact) mass is 499 g/mol. The molecule has 1 saturated heterocycles. The van der Waals surface area contributed by atoms with Crippen LogP contribution in [0.5, 0.6) is 0 Å². The molecule has 9 heteroatoms. The summed E-state index contributed by atoms with van der Waals surface area (Å²) in [5.41, 5.74) is 1.70. The Bertz CT molecular complexity index is 1210. The van der Waals surface area contributed by atoms with Crippen molar-refractivity contribution < 1.29 is 9.59 Å². The third kappa shape index (κ3) is 4.59. The lowest BCUT2D eigenvalue weighted by Crippen LogP contribution is -2.53. The van der Waals surface area contributed by atoms with Gasteiger partial charge in [-0.05, 0) is 50.8 Å². The summed E-state index contributed by atoms with van der Waals surface area (Å²) in [4.78, 5) is 30.7. The van der Waals surface area contributed by atoms with Gasteiger partial charge in [0.2, 0.25) is 5.91 Å². The minimum Gasteiger partial charge on any atom is -0.349 e.